The summed E-state index contributed by atoms with van der Waals surface area (Å²) >= 11 is 0. The van der Waals surface area contributed by atoms with Crippen LogP contribution in [-0.2, 0) is 0 Å². The molecule has 12 heterocycles. The number of hydrogen-bond acceptors (Lipinski definition) is 10. The molecule has 125 heavy (non-hydrogen) atoms. The van der Waals surface area contributed by atoms with Gasteiger partial charge < -0.3 is 9.13 Å². The van der Waals surface area contributed by atoms with Gasteiger partial charge in [-0.3, -0.25) is 29.5 Å². The summed E-state index contributed by atoms with van der Waals surface area (Å²) in [6, 6.07) is 134. The van der Waals surface area contributed by atoms with Crippen molar-refractivity contribution in [3.63, 3.8) is 0 Å². The number of fused-ring (bicyclic) bond motifs is 12. The highest BCUT2D eigenvalue weighted by Gasteiger charge is 2.22. The maximum Gasteiger partial charge on any atom is 0.145 e. The van der Waals surface area contributed by atoms with Crippen molar-refractivity contribution >= 4 is 97.9 Å². The van der Waals surface area contributed by atoms with Crippen LogP contribution in [0.25, 0.3) is 216 Å². The zero-order valence-corrected chi connectivity index (χ0v) is 67.3. The predicted octanol–water partition coefficient (Wildman–Crippen LogP) is 27.2. The van der Waals surface area contributed by atoms with Crippen LogP contribution in [0.5, 0.6) is 0 Å². The lowest BCUT2D eigenvalue weighted by molar-refractivity contribution is 1.14. The summed E-state index contributed by atoms with van der Waals surface area (Å²) < 4.78 is 6.80. The van der Waals surface area contributed by atoms with Crippen LogP contribution in [0.4, 0.5) is 0 Å². The van der Waals surface area contributed by atoms with Gasteiger partial charge in [-0.25, -0.2) is 19.9 Å². The van der Waals surface area contributed by atoms with Crippen molar-refractivity contribution in [1.82, 2.24) is 58.6 Å². The molecule has 0 aliphatic heterocycles. The molecule has 13 nitrogen and oxygen atoms in total. The van der Waals surface area contributed by atoms with Crippen molar-refractivity contribution < 1.29 is 0 Å². The van der Waals surface area contributed by atoms with Crippen molar-refractivity contribution in [2.45, 2.75) is 0 Å². The van der Waals surface area contributed by atoms with E-state index in [0.29, 0.717) is 5.56 Å². The zero-order valence-electron chi connectivity index (χ0n) is 67.3. The highest BCUT2D eigenvalue weighted by molar-refractivity contribution is 6.11. The molecular weight excluding hydrogens is 1530 g/mol. The number of nitriles is 1. The molecule has 0 bridgehead atoms. The van der Waals surface area contributed by atoms with Gasteiger partial charge >= 0.3 is 0 Å². The van der Waals surface area contributed by atoms with Gasteiger partial charge in [0.25, 0.3) is 0 Å². The van der Waals surface area contributed by atoms with Crippen LogP contribution in [0.2, 0.25) is 0 Å². The Balaban J connectivity index is 0.000000111. The minimum Gasteiger partial charge on any atom is -0.309 e. The van der Waals surface area contributed by atoms with Gasteiger partial charge in [0.1, 0.15) is 5.65 Å². The first-order valence-electron chi connectivity index (χ1n) is 41.5. The molecule has 0 saturated carbocycles. The Hall–Kier alpha value is -17.3. The van der Waals surface area contributed by atoms with Crippen molar-refractivity contribution in [3.8, 4) is 124 Å². The third kappa shape index (κ3) is 13.8. The second kappa shape index (κ2) is 32.1. The topological polar surface area (TPSA) is 155 Å². The summed E-state index contributed by atoms with van der Waals surface area (Å²) in [6.45, 7) is 0. The van der Waals surface area contributed by atoms with E-state index in [1.807, 2.05) is 128 Å². The summed E-state index contributed by atoms with van der Waals surface area (Å²) in [5.74, 6) is 0. The fourth-order valence-electron chi connectivity index (χ4n) is 17.6. The highest BCUT2D eigenvalue weighted by atomic mass is 15.0. The van der Waals surface area contributed by atoms with Gasteiger partial charge in [0, 0.05) is 109 Å². The number of pyridine rings is 9. The summed E-state index contributed by atoms with van der Waals surface area (Å²) in [7, 11) is 0. The number of hydrogen-bond donors (Lipinski definition) is 0. The molecule has 0 atom stereocenters. The second-order valence-electron chi connectivity index (χ2n) is 30.8. The highest BCUT2D eigenvalue weighted by Crippen LogP contribution is 2.42. The van der Waals surface area contributed by atoms with Crippen LogP contribution in [0.3, 0.4) is 0 Å². The van der Waals surface area contributed by atoms with Gasteiger partial charge in [0.05, 0.1) is 96.7 Å². The van der Waals surface area contributed by atoms with E-state index < -0.39 is 0 Å². The van der Waals surface area contributed by atoms with Crippen LogP contribution >= 0.6 is 0 Å². The number of benzene rings is 12. The normalized spacial score (nSPS) is 11.4. The van der Waals surface area contributed by atoms with Gasteiger partial charge in [-0.15, -0.1) is 0 Å². The Kier molecular flexibility index (Phi) is 19.0. The quantitative estimate of drug-likeness (QED) is 0.115. The Morgan fingerprint density at radius 1 is 0.216 bits per heavy atom. The van der Waals surface area contributed by atoms with E-state index in [0.717, 1.165) is 168 Å². The van der Waals surface area contributed by atoms with E-state index in [2.05, 4.69) is 342 Å². The van der Waals surface area contributed by atoms with Crippen molar-refractivity contribution in [1.29, 1.82) is 5.26 Å². The van der Waals surface area contributed by atoms with Crippen molar-refractivity contribution in [2.75, 3.05) is 0 Å². The number of aromatic nitrogens is 12. The zero-order chi connectivity index (χ0) is 83.1. The largest absolute Gasteiger partial charge is 0.309 e. The molecule has 12 aromatic heterocycles. The predicted molar refractivity (Wildman–Crippen MR) is 509 cm³/mol. The third-order valence-electron chi connectivity index (χ3n) is 23.5. The van der Waals surface area contributed by atoms with Crippen LogP contribution in [-0.4, -0.2) is 58.6 Å². The van der Waals surface area contributed by atoms with E-state index in [4.69, 9.17) is 19.9 Å². The fourth-order valence-corrected chi connectivity index (χ4v) is 17.6. The molecule has 0 aliphatic rings. The van der Waals surface area contributed by atoms with Crippen LogP contribution < -0.4 is 0 Å². The first kappa shape index (κ1) is 74.0. The summed E-state index contributed by atoms with van der Waals surface area (Å²) in [6.07, 6.45) is 14.8. The fraction of sp³-hybridized carbons (Fsp3) is 0. The van der Waals surface area contributed by atoms with Gasteiger partial charge in [-0.1, -0.05) is 224 Å². The summed E-state index contributed by atoms with van der Waals surface area (Å²) in [4.78, 5) is 42.6. The Morgan fingerprint density at radius 3 is 1.10 bits per heavy atom. The average Bonchev–Trinajstić information content (AvgIpc) is 1.66. The number of para-hydroxylation sites is 3. The maximum atomic E-state index is 10.1. The lowest BCUT2D eigenvalue weighted by Crippen LogP contribution is -1.96. The SMILES string of the molecule is N#Cc1ccc2ccccc2c1-c1cc(-c2ccc(-n3c4ccccc4c4ccncc43)cc2)cc(-c2ccccn2)n1.c1ccc(-c2cc(-c3ccc(-n4c5ccccc5c5cccnc54)cc3)cc(-c3cccc4ccccc34)n2)nc1.c1ccc(-c2cc(-c3ccc(-n4c5ccccc5c5cnccc54)cc3)cc(-c3cccc4ccccc34)n2)nc1. The molecule has 0 spiro atoms. The Bertz CT molecular complexity index is 7800. The molecule has 584 valence electrons. The third-order valence-corrected chi connectivity index (χ3v) is 23.5. The van der Waals surface area contributed by atoms with Crippen LogP contribution in [0, 0.1) is 11.3 Å². The molecule has 13 heteroatoms. The first-order chi connectivity index (χ1) is 61.9. The average molecular weight is 1600 g/mol. The van der Waals surface area contributed by atoms with Gasteiger partial charge in [-0.05, 0) is 223 Å². The molecule has 0 fully saturated rings. The number of nitrogens with zero attached hydrogens (tertiary/aromatic N) is 13. The Labute approximate surface area is 718 Å². The standard InChI is InChI=1S/C38H23N5.2C37H24N4/c39-23-27-13-12-26-7-1-2-8-30(26)38(27)35-22-28(21-34(42-35)33-10-5-6-19-41-33)25-14-16-29(17-15-25)43-36-11-4-3-9-31(36)32-18-20-40-24-37(32)43;1-2-11-29-26(9-1)10-7-13-30(29)34-23-27(24-35(40-34)33-15-5-6-21-38-33)25-17-19-28(20-18-25)41-36-16-4-3-12-31(36)32-14-8-22-39-37(32)41;1-2-10-29-26(8-1)9-7-12-30(29)34-22-27(23-35(40-34)33-13-5-6-20-39-33)25-15-17-28(18-16-25)41-36-14-4-3-11-31(36)32-24-38-21-19-37(32)41/h1-22,24H;2*1-24H. The molecule has 0 saturated heterocycles. The van der Waals surface area contributed by atoms with Gasteiger partial charge in [-0.2, -0.15) is 5.26 Å². The lowest BCUT2D eigenvalue weighted by Gasteiger charge is -2.14. The first-order valence-corrected chi connectivity index (χ1v) is 41.5. The summed E-state index contributed by atoms with van der Waals surface area (Å²) in [5.41, 5.74) is 27.5. The van der Waals surface area contributed by atoms with Crippen LogP contribution in [0.15, 0.2) is 432 Å². The molecule has 0 unspecified atom stereocenters. The summed E-state index contributed by atoms with van der Waals surface area (Å²) in [5, 5.41) is 24.0. The maximum absolute atomic E-state index is 10.1. The van der Waals surface area contributed by atoms with E-state index in [1.165, 1.54) is 48.6 Å². The van der Waals surface area contributed by atoms with E-state index in [9.17, 15) is 5.26 Å². The molecule has 0 N–H and O–H groups in total. The molecule has 0 radical (unpaired) electrons. The minimum atomic E-state index is 0.589. The molecule has 24 rings (SSSR count). The van der Waals surface area contributed by atoms with E-state index >= 15 is 0 Å². The van der Waals surface area contributed by atoms with Gasteiger partial charge in [0.15, 0.2) is 0 Å². The van der Waals surface area contributed by atoms with E-state index in [1.54, 1.807) is 6.20 Å². The van der Waals surface area contributed by atoms with Crippen molar-refractivity contribution in [2.24, 2.45) is 0 Å². The smallest absolute Gasteiger partial charge is 0.145 e. The molecule has 12 aromatic carbocycles. The molecule has 24 aromatic rings. The monoisotopic (exact) mass is 1600 g/mol. The molecule has 0 amide bonds. The minimum absolute atomic E-state index is 0.589. The van der Waals surface area contributed by atoms with Gasteiger partial charge in [0.2, 0.25) is 0 Å². The van der Waals surface area contributed by atoms with Crippen molar-refractivity contribution in [3.05, 3.63) is 437 Å². The number of rotatable bonds is 12. The molecule has 0 aliphatic carbocycles. The van der Waals surface area contributed by atoms with E-state index in [-0.39, 0.29) is 0 Å². The molecular formula is C112H71N13. The van der Waals surface area contributed by atoms with Crippen LogP contribution in [0.1, 0.15) is 5.56 Å². The Morgan fingerprint density at radius 2 is 0.584 bits per heavy atom. The lowest BCUT2D eigenvalue weighted by atomic mass is 9.94. The second-order valence-corrected chi connectivity index (χ2v) is 30.8.